The standard InChI is InChI=1S/C15H19N3O3S/c1-21-7-5-15(14(19)20)4-2-6-18(9-15)13-12-11(3-8-22-12)16-10-17-13/h3,8,10H,2,4-7,9H2,1H3,(H,19,20)/t15-/m1/s1. The largest absolute Gasteiger partial charge is 0.481 e. The fourth-order valence-corrected chi connectivity index (χ4v) is 3.96. The zero-order valence-electron chi connectivity index (χ0n) is 12.5. The minimum atomic E-state index is -0.761. The van der Waals surface area contributed by atoms with Gasteiger partial charge in [-0.1, -0.05) is 0 Å². The Morgan fingerprint density at radius 2 is 2.41 bits per heavy atom. The molecule has 1 saturated heterocycles. The van der Waals surface area contributed by atoms with Crippen LogP contribution in [0.5, 0.6) is 0 Å². The molecule has 0 unspecified atom stereocenters. The van der Waals surface area contributed by atoms with Gasteiger partial charge in [0.25, 0.3) is 0 Å². The van der Waals surface area contributed by atoms with Crippen LogP contribution in [0.15, 0.2) is 17.8 Å². The number of hydrogen-bond acceptors (Lipinski definition) is 6. The molecule has 1 N–H and O–H groups in total. The van der Waals surface area contributed by atoms with Crippen LogP contribution in [-0.2, 0) is 9.53 Å². The Labute approximate surface area is 132 Å². The van der Waals surface area contributed by atoms with Crippen molar-refractivity contribution in [2.75, 3.05) is 31.7 Å². The smallest absolute Gasteiger partial charge is 0.311 e. The van der Waals surface area contributed by atoms with Crippen molar-refractivity contribution in [1.29, 1.82) is 0 Å². The van der Waals surface area contributed by atoms with E-state index in [2.05, 4.69) is 14.9 Å². The van der Waals surface area contributed by atoms with Crippen molar-refractivity contribution in [3.63, 3.8) is 0 Å². The van der Waals surface area contributed by atoms with Crippen LogP contribution in [0, 0.1) is 5.41 Å². The maximum Gasteiger partial charge on any atom is 0.311 e. The summed E-state index contributed by atoms with van der Waals surface area (Å²) >= 11 is 1.60. The molecule has 0 saturated carbocycles. The average Bonchev–Trinajstić information content (AvgIpc) is 3.01. The van der Waals surface area contributed by atoms with Crippen molar-refractivity contribution < 1.29 is 14.6 Å². The number of aromatic nitrogens is 2. The van der Waals surface area contributed by atoms with E-state index in [4.69, 9.17) is 4.74 Å². The number of carbonyl (C=O) groups is 1. The number of anilines is 1. The Hall–Kier alpha value is -1.73. The van der Waals surface area contributed by atoms with Gasteiger partial charge in [0.1, 0.15) is 12.1 Å². The normalized spacial score (nSPS) is 22.1. The van der Waals surface area contributed by atoms with Crippen LogP contribution in [0.25, 0.3) is 10.2 Å². The molecule has 0 radical (unpaired) electrons. The summed E-state index contributed by atoms with van der Waals surface area (Å²) in [6.45, 7) is 1.75. The maximum absolute atomic E-state index is 11.9. The topological polar surface area (TPSA) is 75.6 Å². The number of carboxylic acids is 1. The van der Waals surface area contributed by atoms with Gasteiger partial charge in [-0.25, -0.2) is 9.97 Å². The Morgan fingerprint density at radius 1 is 1.55 bits per heavy atom. The van der Waals surface area contributed by atoms with Crippen molar-refractivity contribution in [3.8, 4) is 0 Å². The molecular formula is C15H19N3O3S. The predicted octanol–water partition coefficient (Wildman–Crippen LogP) is 2.40. The van der Waals surface area contributed by atoms with Crippen LogP contribution >= 0.6 is 11.3 Å². The van der Waals surface area contributed by atoms with Gasteiger partial charge in [0.15, 0.2) is 0 Å². The number of aliphatic carboxylic acids is 1. The lowest BCUT2D eigenvalue weighted by Gasteiger charge is -2.40. The highest BCUT2D eigenvalue weighted by Crippen LogP contribution is 2.38. The van der Waals surface area contributed by atoms with Crippen molar-refractivity contribution in [3.05, 3.63) is 17.8 Å². The van der Waals surface area contributed by atoms with Crippen LogP contribution in [0.4, 0.5) is 5.82 Å². The van der Waals surface area contributed by atoms with E-state index in [0.717, 1.165) is 29.0 Å². The van der Waals surface area contributed by atoms with E-state index in [1.807, 2.05) is 11.4 Å². The highest BCUT2D eigenvalue weighted by Gasteiger charge is 2.42. The molecule has 1 fully saturated rings. The minimum absolute atomic E-state index is 0.457. The van der Waals surface area contributed by atoms with Gasteiger partial charge >= 0.3 is 5.97 Å². The zero-order chi connectivity index (χ0) is 15.6. The number of rotatable bonds is 5. The molecule has 22 heavy (non-hydrogen) atoms. The van der Waals surface area contributed by atoms with Gasteiger partial charge in [0.2, 0.25) is 0 Å². The molecule has 0 amide bonds. The summed E-state index contributed by atoms with van der Waals surface area (Å²) in [5, 5.41) is 11.7. The number of nitrogens with zero attached hydrogens (tertiary/aromatic N) is 3. The van der Waals surface area contributed by atoms with Crippen LogP contribution < -0.4 is 4.90 Å². The number of piperidine rings is 1. The Kier molecular flexibility index (Phi) is 4.26. The number of methoxy groups -OCH3 is 1. The molecule has 3 heterocycles. The second-order valence-electron chi connectivity index (χ2n) is 5.69. The summed E-state index contributed by atoms with van der Waals surface area (Å²) in [4.78, 5) is 22.6. The molecule has 1 atom stereocenters. The molecule has 7 heteroatoms. The highest BCUT2D eigenvalue weighted by atomic mass is 32.1. The number of hydrogen-bond donors (Lipinski definition) is 1. The SMILES string of the molecule is COCC[C@]1(C(=O)O)CCCN(c2ncnc3ccsc23)C1. The second-order valence-corrected chi connectivity index (χ2v) is 6.60. The lowest BCUT2D eigenvalue weighted by atomic mass is 9.77. The second kappa shape index (κ2) is 6.18. The first-order valence-corrected chi connectivity index (χ1v) is 8.20. The van der Waals surface area contributed by atoms with Crippen LogP contribution in [0.1, 0.15) is 19.3 Å². The molecular weight excluding hydrogens is 302 g/mol. The van der Waals surface area contributed by atoms with Gasteiger partial charge < -0.3 is 14.7 Å². The fourth-order valence-electron chi connectivity index (χ4n) is 3.10. The van der Waals surface area contributed by atoms with E-state index in [1.165, 1.54) is 0 Å². The van der Waals surface area contributed by atoms with Gasteiger partial charge in [-0.2, -0.15) is 0 Å². The van der Waals surface area contributed by atoms with Gasteiger partial charge in [-0.05, 0) is 30.7 Å². The summed E-state index contributed by atoms with van der Waals surface area (Å²) in [5.41, 5.74) is 0.154. The third-order valence-corrected chi connectivity index (χ3v) is 5.24. The molecule has 2 aromatic heterocycles. The summed E-state index contributed by atoms with van der Waals surface area (Å²) < 4.78 is 6.14. The van der Waals surface area contributed by atoms with Crippen LogP contribution in [0.2, 0.25) is 0 Å². The van der Waals surface area contributed by atoms with Crippen molar-refractivity contribution >= 4 is 33.3 Å². The summed E-state index contributed by atoms with van der Waals surface area (Å²) in [6, 6.07) is 1.96. The number of fused-ring (bicyclic) bond motifs is 1. The average molecular weight is 321 g/mol. The van der Waals surface area contributed by atoms with E-state index in [9.17, 15) is 9.90 Å². The molecule has 3 rings (SSSR count). The fraction of sp³-hybridized carbons (Fsp3) is 0.533. The molecule has 0 aromatic carbocycles. The highest BCUT2D eigenvalue weighted by molar-refractivity contribution is 7.17. The Balaban J connectivity index is 1.91. The van der Waals surface area contributed by atoms with Crippen molar-refractivity contribution in [2.24, 2.45) is 5.41 Å². The molecule has 2 aromatic rings. The molecule has 1 aliphatic heterocycles. The van der Waals surface area contributed by atoms with E-state index in [0.29, 0.717) is 26.0 Å². The predicted molar refractivity (Wildman–Crippen MR) is 85.4 cm³/mol. The minimum Gasteiger partial charge on any atom is -0.481 e. The number of carboxylic acid groups (broad SMARTS) is 1. The van der Waals surface area contributed by atoms with Crippen molar-refractivity contribution in [1.82, 2.24) is 9.97 Å². The summed E-state index contributed by atoms with van der Waals surface area (Å²) in [6.07, 6.45) is 3.60. The van der Waals surface area contributed by atoms with Gasteiger partial charge in [0.05, 0.1) is 15.6 Å². The molecule has 6 nitrogen and oxygen atoms in total. The van der Waals surface area contributed by atoms with Crippen molar-refractivity contribution in [2.45, 2.75) is 19.3 Å². The molecule has 1 aliphatic rings. The molecule has 0 spiro atoms. The summed E-state index contributed by atoms with van der Waals surface area (Å²) in [5.74, 6) is 0.105. The van der Waals surface area contributed by atoms with E-state index >= 15 is 0 Å². The first-order chi connectivity index (χ1) is 10.7. The Bertz CT molecular complexity index is 675. The maximum atomic E-state index is 11.9. The van der Waals surface area contributed by atoms with Crippen LogP contribution in [0.3, 0.4) is 0 Å². The molecule has 0 aliphatic carbocycles. The van der Waals surface area contributed by atoms with Gasteiger partial charge in [-0.15, -0.1) is 11.3 Å². The monoisotopic (exact) mass is 321 g/mol. The molecule has 0 bridgehead atoms. The third kappa shape index (κ3) is 2.66. The Morgan fingerprint density at radius 3 is 3.18 bits per heavy atom. The van der Waals surface area contributed by atoms with Crippen LogP contribution in [-0.4, -0.2) is 47.8 Å². The number of thiophene rings is 1. The third-order valence-electron chi connectivity index (χ3n) is 4.34. The first kappa shape index (κ1) is 15.2. The lowest BCUT2D eigenvalue weighted by Crippen LogP contribution is -2.48. The first-order valence-electron chi connectivity index (χ1n) is 7.32. The molecule has 118 valence electrons. The van der Waals surface area contributed by atoms with Gasteiger partial charge in [0, 0.05) is 26.8 Å². The van der Waals surface area contributed by atoms with E-state index < -0.39 is 11.4 Å². The van der Waals surface area contributed by atoms with E-state index in [1.54, 1.807) is 24.8 Å². The lowest BCUT2D eigenvalue weighted by molar-refractivity contribution is -0.150. The summed E-state index contributed by atoms with van der Waals surface area (Å²) in [7, 11) is 1.61. The van der Waals surface area contributed by atoms with E-state index in [-0.39, 0.29) is 0 Å². The zero-order valence-corrected chi connectivity index (χ0v) is 13.3. The quantitative estimate of drug-likeness (QED) is 0.911. The van der Waals surface area contributed by atoms with Gasteiger partial charge in [-0.3, -0.25) is 4.79 Å². The number of ether oxygens (including phenoxy) is 1.